The number of anilines is 3. The van der Waals surface area contributed by atoms with E-state index < -0.39 is 5.41 Å². The van der Waals surface area contributed by atoms with E-state index in [1.807, 2.05) is 6.20 Å². The van der Waals surface area contributed by atoms with Gasteiger partial charge in [-0.15, -0.1) is 0 Å². The molecule has 0 saturated carbocycles. The lowest BCUT2D eigenvalue weighted by Crippen LogP contribution is -2.31. The summed E-state index contributed by atoms with van der Waals surface area (Å²) in [6.45, 7) is 14.6. The second-order valence-corrected chi connectivity index (χ2v) is 14.0. The van der Waals surface area contributed by atoms with Gasteiger partial charge in [0.25, 0.3) is 0 Å². The van der Waals surface area contributed by atoms with Gasteiger partial charge in [0.15, 0.2) is 0 Å². The lowest BCUT2D eigenvalue weighted by atomic mass is 9.68. The van der Waals surface area contributed by atoms with Crippen molar-refractivity contribution in [3.63, 3.8) is 0 Å². The minimum absolute atomic E-state index is 0.0196. The Kier molecular flexibility index (Phi) is 5.75. The molecule has 0 atom stereocenters. The molecule has 42 heavy (non-hydrogen) atoms. The van der Waals surface area contributed by atoms with Crippen molar-refractivity contribution < 1.29 is 0 Å². The smallest absolute Gasteiger partial charge is 0.0950 e. The molecule has 0 radical (unpaired) electrons. The predicted octanol–water partition coefficient (Wildman–Crippen LogP) is 8.91. The number of aromatic amines is 1. The summed E-state index contributed by atoms with van der Waals surface area (Å²) in [6.07, 6.45) is 1.89. The van der Waals surface area contributed by atoms with Gasteiger partial charge in [-0.2, -0.15) is 5.10 Å². The van der Waals surface area contributed by atoms with Crippen LogP contribution in [0.25, 0.3) is 11.1 Å². The SMILES string of the molecule is CN1CN(c2cccc(C3(c4ccn[nH]4)c4cc(C(C)(C)C)ccc4-c4ccc(C(C)(C)C)cc43)c2)c2ccccc21. The van der Waals surface area contributed by atoms with Crippen LogP contribution >= 0.6 is 0 Å². The molecule has 1 aliphatic heterocycles. The van der Waals surface area contributed by atoms with Gasteiger partial charge < -0.3 is 9.80 Å². The molecule has 7 rings (SSSR count). The molecule has 212 valence electrons. The van der Waals surface area contributed by atoms with Crippen LogP contribution in [0.4, 0.5) is 17.1 Å². The van der Waals surface area contributed by atoms with Gasteiger partial charge >= 0.3 is 0 Å². The lowest BCUT2D eigenvalue weighted by Gasteiger charge is -2.34. The molecule has 5 aromatic rings. The fourth-order valence-corrected chi connectivity index (χ4v) is 6.99. The van der Waals surface area contributed by atoms with Gasteiger partial charge in [0.05, 0.1) is 29.2 Å². The molecular formula is C38H40N4. The number of para-hydroxylation sites is 2. The van der Waals surface area contributed by atoms with E-state index in [9.17, 15) is 0 Å². The number of hydrogen-bond acceptors (Lipinski definition) is 3. The zero-order valence-electron chi connectivity index (χ0n) is 25.8. The Morgan fingerprint density at radius 3 is 1.88 bits per heavy atom. The Labute approximate surface area is 250 Å². The Morgan fingerprint density at radius 1 is 0.690 bits per heavy atom. The average molecular weight is 553 g/mol. The first kappa shape index (κ1) is 26.6. The van der Waals surface area contributed by atoms with Crippen molar-refractivity contribution in [2.24, 2.45) is 0 Å². The maximum Gasteiger partial charge on any atom is 0.0950 e. The van der Waals surface area contributed by atoms with Crippen LogP contribution in [0, 0.1) is 0 Å². The van der Waals surface area contributed by atoms with Crippen molar-refractivity contribution in [3.05, 3.63) is 131 Å². The van der Waals surface area contributed by atoms with E-state index in [1.165, 1.54) is 56.0 Å². The van der Waals surface area contributed by atoms with Crippen LogP contribution in [0.3, 0.4) is 0 Å². The third-order valence-corrected chi connectivity index (χ3v) is 9.30. The summed E-state index contributed by atoms with van der Waals surface area (Å²) in [7, 11) is 2.17. The first-order chi connectivity index (χ1) is 20.0. The summed E-state index contributed by atoms with van der Waals surface area (Å²) in [6, 6.07) is 34.3. The zero-order chi connectivity index (χ0) is 29.4. The van der Waals surface area contributed by atoms with Crippen molar-refractivity contribution in [1.29, 1.82) is 0 Å². The number of nitrogens with one attached hydrogen (secondary N) is 1. The van der Waals surface area contributed by atoms with Gasteiger partial charge in [0.1, 0.15) is 0 Å². The maximum atomic E-state index is 4.52. The molecule has 1 aliphatic carbocycles. The van der Waals surface area contributed by atoms with Crippen LogP contribution in [0.1, 0.15) is 75.1 Å². The standard InChI is InChI=1S/C38H40N4/c1-36(2,3)25-15-17-29-30-18-16-26(37(4,5)6)23-32(30)38(31(29)22-25,35-19-20-39-40-35)27-11-10-12-28(21-27)42-24-41(7)33-13-8-9-14-34(33)42/h8-23H,24H2,1-7H3,(H,39,40). The minimum atomic E-state index is -0.537. The summed E-state index contributed by atoms with van der Waals surface area (Å²) in [5.41, 5.74) is 13.4. The highest BCUT2D eigenvalue weighted by Gasteiger charge is 2.48. The summed E-state index contributed by atoms with van der Waals surface area (Å²) in [4.78, 5) is 4.74. The average Bonchev–Trinajstić information content (AvgIpc) is 3.68. The quantitative estimate of drug-likeness (QED) is 0.238. The van der Waals surface area contributed by atoms with Crippen LogP contribution in [-0.4, -0.2) is 23.9 Å². The highest BCUT2D eigenvalue weighted by Crippen LogP contribution is 2.57. The fraction of sp³-hybridized carbons (Fsp3) is 0.289. The number of aromatic nitrogens is 2. The van der Waals surface area contributed by atoms with Crippen LogP contribution < -0.4 is 9.80 Å². The van der Waals surface area contributed by atoms with E-state index >= 15 is 0 Å². The molecule has 0 unspecified atom stereocenters. The Morgan fingerprint density at radius 2 is 1.31 bits per heavy atom. The molecule has 4 aromatic carbocycles. The van der Waals surface area contributed by atoms with Crippen molar-refractivity contribution in [2.75, 3.05) is 23.5 Å². The molecule has 0 fully saturated rings. The lowest BCUT2D eigenvalue weighted by molar-refractivity contribution is 0.585. The molecule has 0 amide bonds. The van der Waals surface area contributed by atoms with E-state index in [4.69, 9.17) is 0 Å². The molecule has 2 aliphatic rings. The van der Waals surface area contributed by atoms with Crippen LogP contribution in [0.5, 0.6) is 0 Å². The van der Waals surface area contributed by atoms with E-state index in [0.717, 1.165) is 12.4 Å². The number of rotatable bonds is 3. The molecular weight excluding hydrogens is 512 g/mol. The number of fused-ring (bicyclic) bond motifs is 4. The number of hydrogen-bond donors (Lipinski definition) is 1. The second-order valence-electron chi connectivity index (χ2n) is 14.0. The highest BCUT2D eigenvalue weighted by atomic mass is 15.4. The van der Waals surface area contributed by atoms with Crippen LogP contribution in [0.15, 0.2) is 97.2 Å². The second kappa shape index (κ2) is 9.09. The monoisotopic (exact) mass is 552 g/mol. The van der Waals surface area contributed by atoms with Crippen LogP contribution in [-0.2, 0) is 16.2 Å². The Hall–Kier alpha value is -4.31. The van der Waals surface area contributed by atoms with Gasteiger partial charge in [-0.1, -0.05) is 102 Å². The number of H-pyrrole nitrogens is 1. The molecule has 1 N–H and O–H groups in total. The summed E-state index contributed by atoms with van der Waals surface area (Å²) in [5.74, 6) is 0. The highest BCUT2D eigenvalue weighted by molar-refractivity contribution is 5.88. The largest absolute Gasteiger partial charge is 0.355 e. The van der Waals surface area contributed by atoms with Gasteiger partial charge in [-0.3, -0.25) is 5.10 Å². The normalized spacial score (nSPS) is 15.5. The van der Waals surface area contributed by atoms with Crippen LogP contribution in [0.2, 0.25) is 0 Å². The van der Waals surface area contributed by atoms with Crippen molar-refractivity contribution in [1.82, 2.24) is 10.2 Å². The third kappa shape index (κ3) is 3.84. The Balaban J connectivity index is 1.54. The summed E-state index contributed by atoms with van der Waals surface area (Å²) < 4.78 is 0. The van der Waals surface area contributed by atoms with Crippen molar-refractivity contribution >= 4 is 17.1 Å². The molecule has 1 aromatic heterocycles. The zero-order valence-corrected chi connectivity index (χ0v) is 25.8. The summed E-state index contributed by atoms with van der Waals surface area (Å²) in [5, 5.41) is 7.98. The van der Waals surface area contributed by atoms with E-state index in [0.29, 0.717) is 0 Å². The molecule has 0 bridgehead atoms. The Bertz CT molecular complexity index is 1740. The minimum Gasteiger partial charge on any atom is -0.355 e. The van der Waals surface area contributed by atoms with Gasteiger partial charge in [-0.05, 0) is 80.1 Å². The van der Waals surface area contributed by atoms with Gasteiger partial charge in [0, 0.05) is 18.9 Å². The first-order valence-electron chi connectivity index (χ1n) is 15.0. The van der Waals surface area contributed by atoms with E-state index in [2.05, 4.69) is 160 Å². The van der Waals surface area contributed by atoms with Gasteiger partial charge in [0.2, 0.25) is 0 Å². The van der Waals surface area contributed by atoms with E-state index in [1.54, 1.807) is 0 Å². The number of nitrogens with zero attached hydrogens (tertiary/aromatic N) is 3. The van der Waals surface area contributed by atoms with E-state index in [-0.39, 0.29) is 10.8 Å². The maximum absolute atomic E-state index is 4.52. The van der Waals surface area contributed by atoms with Crippen molar-refractivity contribution in [3.8, 4) is 11.1 Å². The molecule has 2 heterocycles. The topological polar surface area (TPSA) is 35.2 Å². The first-order valence-corrected chi connectivity index (χ1v) is 15.0. The summed E-state index contributed by atoms with van der Waals surface area (Å²) >= 11 is 0. The van der Waals surface area contributed by atoms with Crippen molar-refractivity contribution in [2.45, 2.75) is 57.8 Å². The van der Waals surface area contributed by atoms with Gasteiger partial charge in [-0.25, -0.2) is 0 Å². The number of benzene rings is 4. The molecule has 4 nitrogen and oxygen atoms in total. The molecule has 0 saturated heterocycles. The predicted molar refractivity (Wildman–Crippen MR) is 175 cm³/mol. The molecule has 0 spiro atoms. The third-order valence-electron chi connectivity index (χ3n) is 9.30. The fourth-order valence-electron chi connectivity index (χ4n) is 6.99. The molecule has 4 heteroatoms.